The van der Waals surface area contributed by atoms with Gasteiger partial charge < -0.3 is 15.2 Å². The second-order valence-corrected chi connectivity index (χ2v) is 3.77. The van der Waals surface area contributed by atoms with Gasteiger partial charge in [0, 0.05) is 6.42 Å². The van der Waals surface area contributed by atoms with E-state index in [4.69, 9.17) is 5.11 Å². The molecule has 0 heterocycles. The van der Waals surface area contributed by atoms with E-state index in [0.717, 1.165) is 0 Å². The van der Waals surface area contributed by atoms with Crippen molar-refractivity contribution in [3.05, 3.63) is 24.3 Å². The number of alkyl halides is 2. The van der Waals surface area contributed by atoms with Gasteiger partial charge in [-0.05, 0) is 12.1 Å². The van der Waals surface area contributed by atoms with Crippen LogP contribution in [0.3, 0.4) is 0 Å². The number of aliphatic carboxylic acids is 1. The molecule has 0 aromatic heterocycles. The standard InChI is InChI=1S/C12H12F2N2O5/c13-11(14)21-8-4-2-1-3-7(8)15-12(20)16-9(17)5-6-10(18)19/h1-4,11H,5-6H2,(H,18,19)(H2,15,16,17,20). The van der Waals surface area contributed by atoms with Gasteiger partial charge in [0.25, 0.3) is 0 Å². The molecule has 0 fully saturated rings. The molecule has 1 aromatic carbocycles. The van der Waals surface area contributed by atoms with Crippen LogP contribution in [-0.4, -0.2) is 29.6 Å². The van der Waals surface area contributed by atoms with Crippen LogP contribution in [0, 0.1) is 0 Å². The maximum atomic E-state index is 12.2. The number of amides is 3. The minimum atomic E-state index is -3.06. The quantitative estimate of drug-likeness (QED) is 0.743. The van der Waals surface area contributed by atoms with Crippen LogP contribution < -0.4 is 15.4 Å². The molecule has 7 nitrogen and oxygen atoms in total. The number of nitrogens with one attached hydrogen (secondary N) is 2. The molecule has 0 unspecified atom stereocenters. The lowest BCUT2D eigenvalue weighted by atomic mass is 10.3. The van der Waals surface area contributed by atoms with Crippen molar-refractivity contribution >= 4 is 23.6 Å². The third kappa shape index (κ3) is 6.32. The molecular weight excluding hydrogens is 290 g/mol. The van der Waals surface area contributed by atoms with Gasteiger partial charge in [0.1, 0.15) is 5.75 Å². The average molecular weight is 302 g/mol. The van der Waals surface area contributed by atoms with E-state index in [1.807, 2.05) is 5.32 Å². The number of hydrogen-bond donors (Lipinski definition) is 3. The predicted molar refractivity (Wildman–Crippen MR) is 67.1 cm³/mol. The molecule has 1 rings (SSSR count). The number of urea groups is 1. The van der Waals surface area contributed by atoms with Gasteiger partial charge >= 0.3 is 18.6 Å². The first-order chi connectivity index (χ1) is 9.88. The Hall–Kier alpha value is -2.71. The van der Waals surface area contributed by atoms with Crippen molar-refractivity contribution in [1.29, 1.82) is 0 Å². The summed E-state index contributed by atoms with van der Waals surface area (Å²) in [5.74, 6) is -2.25. The fraction of sp³-hybridized carbons (Fsp3) is 0.250. The summed E-state index contributed by atoms with van der Waals surface area (Å²) in [5.41, 5.74) is -0.0543. The maximum Gasteiger partial charge on any atom is 0.387 e. The van der Waals surface area contributed by atoms with E-state index in [0.29, 0.717) is 0 Å². The lowest BCUT2D eigenvalue weighted by Crippen LogP contribution is -2.34. The van der Waals surface area contributed by atoms with Gasteiger partial charge in [-0.3, -0.25) is 14.9 Å². The fourth-order valence-corrected chi connectivity index (χ4v) is 1.33. The largest absolute Gasteiger partial charge is 0.481 e. The van der Waals surface area contributed by atoms with Crippen molar-refractivity contribution in [3.63, 3.8) is 0 Å². The van der Waals surface area contributed by atoms with Crippen LogP contribution in [-0.2, 0) is 9.59 Å². The van der Waals surface area contributed by atoms with Crippen LogP contribution in [0.15, 0.2) is 24.3 Å². The van der Waals surface area contributed by atoms with E-state index in [-0.39, 0.29) is 17.9 Å². The first-order valence-electron chi connectivity index (χ1n) is 5.75. The molecule has 0 spiro atoms. The van der Waals surface area contributed by atoms with Gasteiger partial charge in [0.2, 0.25) is 5.91 Å². The number of carboxylic acid groups (broad SMARTS) is 1. The molecule has 0 radical (unpaired) electrons. The van der Waals surface area contributed by atoms with Crippen molar-refractivity contribution < 1.29 is 33.0 Å². The van der Waals surface area contributed by atoms with E-state index in [1.165, 1.54) is 24.3 Å². The van der Waals surface area contributed by atoms with Crippen LogP contribution in [0.4, 0.5) is 19.3 Å². The smallest absolute Gasteiger partial charge is 0.387 e. The van der Waals surface area contributed by atoms with Crippen molar-refractivity contribution in [3.8, 4) is 5.75 Å². The number of benzene rings is 1. The fourth-order valence-electron chi connectivity index (χ4n) is 1.33. The minimum Gasteiger partial charge on any atom is -0.481 e. The Morgan fingerprint density at radius 1 is 1.19 bits per heavy atom. The number of carbonyl (C=O) groups excluding carboxylic acids is 2. The van der Waals surface area contributed by atoms with Gasteiger partial charge in [-0.25, -0.2) is 4.79 Å². The number of rotatable bonds is 6. The number of para-hydroxylation sites is 2. The Morgan fingerprint density at radius 2 is 1.86 bits per heavy atom. The number of hydrogen-bond acceptors (Lipinski definition) is 4. The van der Waals surface area contributed by atoms with Crippen molar-refractivity contribution in [2.75, 3.05) is 5.32 Å². The molecule has 0 saturated heterocycles. The summed E-state index contributed by atoms with van der Waals surface area (Å²) < 4.78 is 28.5. The van der Waals surface area contributed by atoms with Crippen LogP contribution in [0.1, 0.15) is 12.8 Å². The van der Waals surface area contributed by atoms with Crippen LogP contribution in [0.25, 0.3) is 0 Å². The lowest BCUT2D eigenvalue weighted by molar-refractivity contribution is -0.138. The molecule has 0 aliphatic heterocycles. The summed E-state index contributed by atoms with van der Waals surface area (Å²) in [6.45, 7) is -3.06. The highest BCUT2D eigenvalue weighted by molar-refractivity contribution is 6.02. The molecule has 1 aromatic rings. The third-order valence-corrected chi connectivity index (χ3v) is 2.17. The molecule has 3 amide bonds. The van der Waals surface area contributed by atoms with Gasteiger partial charge in [-0.1, -0.05) is 12.1 Å². The summed E-state index contributed by atoms with van der Waals surface area (Å²) in [7, 11) is 0. The molecule has 0 aliphatic rings. The van der Waals surface area contributed by atoms with Crippen LogP contribution in [0.2, 0.25) is 0 Å². The number of halogens is 2. The van der Waals surface area contributed by atoms with Gasteiger partial charge in [0.05, 0.1) is 12.1 Å². The van der Waals surface area contributed by atoms with Gasteiger partial charge in [0.15, 0.2) is 0 Å². The summed E-state index contributed by atoms with van der Waals surface area (Å²) >= 11 is 0. The summed E-state index contributed by atoms with van der Waals surface area (Å²) in [6, 6.07) is 4.45. The predicted octanol–water partition coefficient (Wildman–Crippen LogP) is 1.80. The van der Waals surface area contributed by atoms with E-state index < -0.39 is 30.9 Å². The zero-order valence-corrected chi connectivity index (χ0v) is 10.6. The van der Waals surface area contributed by atoms with Crippen LogP contribution >= 0.6 is 0 Å². The maximum absolute atomic E-state index is 12.2. The molecule has 0 saturated carbocycles. The number of anilines is 1. The first kappa shape index (κ1) is 16.3. The average Bonchev–Trinajstić information content (AvgIpc) is 2.38. The molecular formula is C12H12F2N2O5. The van der Waals surface area contributed by atoms with Gasteiger partial charge in [-0.2, -0.15) is 8.78 Å². The Morgan fingerprint density at radius 3 is 2.48 bits per heavy atom. The van der Waals surface area contributed by atoms with Crippen molar-refractivity contribution in [2.45, 2.75) is 19.5 Å². The highest BCUT2D eigenvalue weighted by Gasteiger charge is 2.13. The third-order valence-electron chi connectivity index (χ3n) is 2.17. The molecule has 114 valence electrons. The number of imide groups is 1. The van der Waals surface area contributed by atoms with Crippen LogP contribution in [0.5, 0.6) is 5.75 Å². The van der Waals surface area contributed by atoms with E-state index >= 15 is 0 Å². The molecule has 0 bridgehead atoms. The van der Waals surface area contributed by atoms with Crippen molar-refractivity contribution in [1.82, 2.24) is 5.32 Å². The van der Waals surface area contributed by atoms with Gasteiger partial charge in [-0.15, -0.1) is 0 Å². The highest BCUT2D eigenvalue weighted by atomic mass is 19.3. The Bertz CT molecular complexity index is 536. The molecule has 9 heteroatoms. The minimum absolute atomic E-state index is 0.0543. The second-order valence-electron chi connectivity index (χ2n) is 3.77. The second kappa shape index (κ2) is 7.78. The molecule has 0 aliphatic carbocycles. The zero-order valence-electron chi connectivity index (χ0n) is 10.6. The van der Waals surface area contributed by atoms with Crippen molar-refractivity contribution in [2.24, 2.45) is 0 Å². The molecule has 0 atom stereocenters. The SMILES string of the molecule is O=C(O)CCC(=O)NC(=O)Nc1ccccc1OC(F)F. The summed E-state index contributed by atoms with van der Waals surface area (Å²) in [4.78, 5) is 33.0. The van der Waals surface area contributed by atoms with E-state index in [1.54, 1.807) is 0 Å². The Balaban J connectivity index is 2.58. The normalized spacial score (nSPS) is 10.0. The highest BCUT2D eigenvalue weighted by Crippen LogP contribution is 2.25. The number of carboxylic acids is 1. The lowest BCUT2D eigenvalue weighted by Gasteiger charge is -2.11. The monoisotopic (exact) mass is 302 g/mol. The number of ether oxygens (including phenoxy) is 1. The zero-order chi connectivity index (χ0) is 15.8. The number of carbonyl (C=O) groups is 3. The Labute approximate surface area is 117 Å². The summed E-state index contributed by atoms with van der Waals surface area (Å²) in [6.07, 6.45) is -0.803. The Kier molecular flexibility index (Phi) is 6.05. The molecule has 3 N–H and O–H groups in total. The molecule has 21 heavy (non-hydrogen) atoms. The topological polar surface area (TPSA) is 105 Å². The first-order valence-corrected chi connectivity index (χ1v) is 5.75. The summed E-state index contributed by atoms with van der Waals surface area (Å²) in [5, 5.41) is 12.4. The van der Waals surface area contributed by atoms with E-state index in [2.05, 4.69) is 10.1 Å². The van der Waals surface area contributed by atoms with E-state index in [9.17, 15) is 23.2 Å².